The van der Waals surface area contributed by atoms with E-state index in [0.717, 1.165) is 13.0 Å². The predicted octanol–water partition coefficient (Wildman–Crippen LogP) is 1.17. The van der Waals surface area contributed by atoms with Gasteiger partial charge in [-0.15, -0.1) is 6.58 Å². The van der Waals surface area contributed by atoms with Gasteiger partial charge in [-0.05, 0) is 12.3 Å². The second-order valence-corrected chi connectivity index (χ2v) is 2.70. The molecule has 2 unspecified atom stereocenters. The van der Waals surface area contributed by atoms with Crippen molar-refractivity contribution in [2.24, 2.45) is 11.7 Å². The van der Waals surface area contributed by atoms with E-state index in [9.17, 15) is 0 Å². The molecule has 0 aromatic heterocycles. The molecule has 0 aromatic carbocycles. The van der Waals surface area contributed by atoms with Gasteiger partial charge in [-0.1, -0.05) is 13.0 Å². The lowest BCUT2D eigenvalue weighted by Gasteiger charge is -2.12. The topological polar surface area (TPSA) is 35.2 Å². The Kier molecular flexibility index (Phi) is 5.26. The maximum Gasteiger partial charge on any atom is 0.0488 e. The first kappa shape index (κ1) is 9.66. The third-order valence-corrected chi connectivity index (χ3v) is 1.43. The van der Waals surface area contributed by atoms with Crippen LogP contribution in [0, 0.1) is 5.92 Å². The Morgan fingerprint density at radius 1 is 1.70 bits per heavy atom. The first-order valence-corrected chi connectivity index (χ1v) is 3.57. The molecule has 2 N–H and O–H groups in total. The quantitative estimate of drug-likeness (QED) is 0.586. The third-order valence-electron chi connectivity index (χ3n) is 1.43. The van der Waals surface area contributed by atoms with E-state index >= 15 is 0 Å². The molecular formula is C8H17NO. The standard InChI is InChI=1S/C8H17NO/c1-4-8(9)5-7(2)6-10-3/h4,7-8H,1,5-6,9H2,2-3H3. The van der Waals surface area contributed by atoms with E-state index in [0.29, 0.717) is 5.92 Å². The molecule has 0 aliphatic rings. The van der Waals surface area contributed by atoms with Gasteiger partial charge in [0.15, 0.2) is 0 Å². The summed E-state index contributed by atoms with van der Waals surface area (Å²) >= 11 is 0. The molecule has 0 heterocycles. The predicted molar refractivity (Wildman–Crippen MR) is 43.8 cm³/mol. The van der Waals surface area contributed by atoms with Crippen LogP contribution < -0.4 is 5.73 Å². The average Bonchev–Trinajstić information content (AvgIpc) is 1.88. The van der Waals surface area contributed by atoms with Crippen LogP contribution >= 0.6 is 0 Å². The van der Waals surface area contributed by atoms with Gasteiger partial charge < -0.3 is 10.5 Å². The van der Waals surface area contributed by atoms with Crippen molar-refractivity contribution in [3.63, 3.8) is 0 Å². The molecule has 10 heavy (non-hydrogen) atoms. The molecule has 2 heteroatoms. The molecule has 2 atom stereocenters. The molecule has 0 spiro atoms. The molecule has 0 saturated heterocycles. The minimum absolute atomic E-state index is 0.116. The Labute approximate surface area is 63.1 Å². The summed E-state index contributed by atoms with van der Waals surface area (Å²) in [5.74, 6) is 0.526. The summed E-state index contributed by atoms with van der Waals surface area (Å²) in [5, 5.41) is 0. The van der Waals surface area contributed by atoms with Gasteiger partial charge in [0.25, 0.3) is 0 Å². The Morgan fingerprint density at radius 2 is 2.30 bits per heavy atom. The minimum Gasteiger partial charge on any atom is -0.384 e. The molecular weight excluding hydrogens is 126 g/mol. The second-order valence-electron chi connectivity index (χ2n) is 2.70. The van der Waals surface area contributed by atoms with Gasteiger partial charge in [0.2, 0.25) is 0 Å². The van der Waals surface area contributed by atoms with Crippen LogP contribution in [0.1, 0.15) is 13.3 Å². The molecule has 0 amide bonds. The maximum atomic E-state index is 5.63. The van der Waals surface area contributed by atoms with Crippen molar-refractivity contribution in [3.05, 3.63) is 12.7 Å². The zero-order chi connectivity index (χ0) is 7.98. The minimum atomic E-state index is 0.116. The number of nitrogens with two attached hydrogens (primary N) is 1. The van der Waals surface area contributed by atoms with Crippen LogP contribution in [0.4, 0.5) is 0 Å². The number of hydrogen-bond acceptors (Lipinski definition) is 2. The van der Waals surface area contributed by atoms with E-state index in [1.165, 1.54) is 0 Å². The molecule has 0 bridgehead atoms. The van der Waals surface area contributed by atoms with E-state index in [4.69, 9.17) is 10.5 Å². The molecule has 0 aromatic rings. The number of hydrogen-bond donors (Lipinski definition) is 1. The van der Waals surface area contributed by atoms with Gasteiger partial charge in [0, 0.05) is 19.8 Å². The first-order chi connectivity index (χ1) is 4.70. The fraction of sp³-hybridized carbons (Fsp3) is 0.750. The van der Waals surface area contributed by atoms with Crippen molar-refractivity contribution in [1.82, 2.24) is 0 Å². The molecule has 0 fully saturated rings. The van der Waals surface area contributed by atoms with E-state index in [2.05, 4.69) is 13.5 Å². The van der Waals surface area contributed by atoms with Crippen molar-refractivity contribution in [2.45, 2.75) is 19.4 Å². The third kappa shape index (κ3) is 4.53. The van der Waals surface area contributed by atoms with Crippen LogP contribution in [-0.2, 0) is 4.74 Å². The highest BCUT2D eigenvalue weighted by molar-refractivity contribution is 4.83. The lowest BCUT2D eigenvalue weighted by Crippen LogP contribution is -2.21. The summed E-state index contributed by atoms with van der Waals surface area (Å²) in [7, 11) is 1.70. The van der Waals surface area contributed by atoms with Crippen LogP contribution in [0.2, 0.25) is 0 Å². The van der Waals surface area contributed by atoms with E-state index in [1.54, 1.807) is 13.2 Å². The molecule has 2 nitrogen and oxygen atoms in total. The van der Waals surface area contributed by atoms with Crippen molar-refractivity contribution in [3.8, 4) is 0 Å². The highest BCUT2D eigenvalue weighted by atomic mass is 16.5. The van der Waals surface area contributed by atoms with Gasteiger partial charge in [0.05, 0.1) is 0 Å². The van der Waals surface area contributed by atoms with Crippen molar-refractivity contribution >= 4 is 0 Å². The molecule has 0 radical (unpaired) electrons. The second kappa shape index (κ2) is 5.45. The smallest absolute Gasteiger partial charge is 0.0488 e. The van der Waals surface area contributed by atoms with Gasteiger partial charge >= 0.3 is 0 Å². The first-order valence-electron chi connectivity index (χ1n) is 3.57. The molecule has 0 aliphatic carbocycles. The lowest BCUT2D eigenvalue weighted by molar-refractivity contribution is 0.154. The van der Waals surface area contributed by atoms with Gasteiger partial charge in [-0.2, -0.15) is 0 Å². The maximum absolute atomic E-state index is 5.63. The lowest BCUT2D eigenvalue weighted by atomic mass is 10.0. The zero-order valence-corrected chi connectivity index (χ0v) is 6.84. The average molecular weight is 143 g/mol. The summed E-state index contributed by atoms with van der Waals surface area (Å²) in [6, 6.07) is 0.116. The number of rotatable bonds is 5. The van der Waals surface area contributed by atoms with Crippen molar-refractivity contribution in [2.75, 3.05) is 13.7 Å². The SMILES string of the molecule is C=CC(N)CC(C)COC. The van der Waals surface area contributed by atoms with Gasteiger partial charge in [-0.3, -0.25) is 0 Å². The van der Waals surface area contributed by atoms with E-state index in [-0.39, 0.29) is 6.04 Å². The molecule has 0 rings (SSSR count). The summed E-state index contributed by atoms with van der Waals surface area (Å²) in [4.78, 5) is 0. The van der Waals surface area contributed by atoms with Crippen LogP contribution in [0.5, 0.6) is 0 Å². The Hall–Kier alpha value is -0.340. The van der Waals surface area contributed by atoms with Crippen LogP contribution in [-0.4, -0.2) is 19.8 Å². The number of ether oxygens (including phenoxy) is 1. The Morgan fingerprint density at radius 3 is 2.70 bits per heavy atom. The largest absolute Gasteiger partial charge is 0.384 e. The molecule has 60 valence electrons. The highest BCUT2D eigenvalue weighted by Crippen LogP contribution is 2.04. The summed E-state index contributed by atoms with van der Waals surface area (Å²) in [5.41, 5.74) is 5.63. The van der Waals surface area contributed by atoms with Crippen LogP contribution in [0.3, 0.4) is 0 Å². The monoisotopic (exact) mass is 143 g/mol. The van der Waals surface area contributed by atoms with Crippen molar-refractivity contribution < 1.29 is 4.74 Å². The fourth-order valence-corrected chi connectivity index (χ4v) is 0.913. The normalized spacial score (nSPS) is 16.3. The molecule has 0 saturated carbocycles. The summed E-state index contributed by atoms with van der Waals surface area (Å²) in [6.07, 6.45) is 2.73. The van der Waals surface area contributed by atoms with Gasteiger partial charge in [-0.25, -0.2) is 0 Å². The van der Waals surface area contributed by atoms with Crippen LogP contribution in [0.25, 0.3) is 0 Å². The van der Waals surface area contributed by atoms with Crippen LogP contribution in [0.15, 0.2) is 12.7 Å². The fourth-order valence-electron chi connectivity index (χ4n) is 0.913. The van der Waals surface area contributed by atoms with Gasteiger partial charge in [0.1, 0.15) is 0 Å². The highest BCUT2D eigenvalue weighted by Gasteiger charge is 2.04. The Bertz CT molecular complexity index is 93.3. The van der Waals surface area contributed by atoms with Crippen molar-refractivity contribution in [1.29, 1.82) is 0 Å². The summed E-state index contributed by atoms with van der Waals surface area (Å²) < 4.78 is 4.96. The van der Waals surface area contributed by atoms with E-state index < -0.39 is 0 Å². The summed E-state index contributed by atoms with van der Waals surface area (Å²) in [6.45, 7) is 6.51. The Balaban J connectivity index is 3.36. The number of methoxy groups -OCH3 is 1. The molecule has 0 aliphatic heterocycles. The zero-order valence-electron chi connectivity index (χ0n) is 6.84. The van der Waals surface area contributed by atoms with E-state index in [1.807, 2.05) is 0 Å².